The Kier molecular flexibility index (Phi) is 4.57. The number of sulfonamides is 1. The predicted molar refractivity (Wildman–Crippen MR) is 79.3 cm³/mol. The van der Waals surface area contributed by atoms with E-state index >= 15 is 0 Å². The third-order valence-corrected chi connectivity index (χ3v) is 4.76. The van der Waals surface area contributed by atoms with Gasteiger partial charge in [-0.15, -0.1) is 0 Å². The molecule has 0 saturated heterocycles. The molecule has 3 nitrogen and oxygen atoms in total. The Morgan fingerprint density at radius 2 is 1.80 bits per heavy atom. The zero-order valence-electron chi connectivity index (χ0n) is 10.7. The quantitative estimate of drug-likeness (QED) is 0.911. The van der Waals surface area contributed by atoms with Crippen LogP contribution in [0.5, 0.6) is 0 Å². The smallest absolute Gasteiger partial charge is 0.207 e. The number of aryl methyl sites for hydroxylation is 1. The van der Waals surface area contributed by atoms with E-state index in [-0.39, 0.29) is 17.3 Å². The molecule has 0 aromatic heterocycles. The first-order chi connectivity index (χ1) is 9.38. The van der Waals surface area contributed by atoms with Crippen molar-refractivity contribution in [1.82, 2.24) is 4.72 Å². The molecule has 1 N–H and O–H groups in total. The molecule has 0 spiro atoms. The summed E-state index contributed by atoms with van der Waals surface area (Å²) in [5.41, 5.74) is 1.20. The molecule has 20 heavy (non-hydrogen) atoms. The van der Waals surface area contributed by atoms with Gasteiger partial charge in [-0.2, -0.15) is 0 Å². The van der Waals surface area contributed by atoms with Crippen LogP contribution in [0.2, 0.25) is 0 Å². The van der Waals surface area contributed by atoms with Gasteiger partial charge in [0.25, 0.3) is 0 Å². The van der Waals surface area contributed by atoms with E-state index in [0.717, 1.165) is 4.47 Å². The van der Waals surface area contributed by atoms with Gasteiger partial charge in [-0.05, 0) is 48.4 Å². The number of hydrogen-bond acceptors (Lipinski definition) is 2. The lowest BCUT2D eigenvalue weighted by atomic mass is 10.1. The van der Waals surface area contributed by atoms with Crippen LogP contribution < -0.4 is 4.72 Å². The molecule has 2 aromatic carbocycles. The Hall–Kier alpha value is -1.24. The molecular weight excluding hydrogens is 345 g/mol. The number of hydrogen-bond donors (Lipinski definition) is 1. The fraction of sp³-hybridized carbons (Fsp3) is 0.143. The molecular formula is C14H13BrFNO2S. The van der Waals surface area contributed by atoms with Crippen LogP contribution in [0.15, 0.2) is 51.8 Å². The van der Waals surface area contributed by atoms with Gasteiger partial charge in [0.2, 0.25) is 10.0 Å². The van der Waals surface area contributed by atoms with Crippen molar-refractivity contribution in [1.29, 1.82) is 0 Å². The number of halogens is 2. The average molecular weight is 358 g/mol. The second-order valence-electron chi connectivity index (χ2n) is 4.36. The molecule has 0 heterocycles. The molecule has 2 rings (SSSR count). The molecule has 6 heteroatoms. The molecule has 0 aliphatic carbocycles. The first-order valence-corrected chi connectivity index (χ1v) is 8.16. The van der Waals surface area contributed by atoms with E-state index in [1.807, 2.05) is 0 Å². The van der Waals surface area contributed by atoms with Gasteiger partial charge >= 0.3 is 0 Å². The molecule has 0 aliphatic rings. The Bertz CT molecular complexity index is 714. The van der Waals surface area contributed by atoms with Crippen molar-refractivity contribution < 1.29 is 12.8 Å². The molecule has 0 saturated carbocycles. The minimum atomic E-state index is -3.56. The second kappa shape index (κ2) is 6.03. The first-order valence-electron chi connectivity index (χ1n) is 5.89. The SMILES string of the molecule is Cc1cc(CNS(=O)(=O)c2ccc(Br)cc2)ccc1F. The average Bonchev–Trinajstić information content (AvgIpc) is 2.41. The minimum absolute atomic E-state index is 0.125. The first kappa shape index (κ1) is 15.2. The zero-order chi connectivity index (χ0) is 14.8. The predicted octanol–water partition coefficient (Wildman–Crippen LogP) is 3.38. The number of nitrogens with one attached hydrogen (secondary N) is 1. The maximum absolute atomic E-state index is 13.1. The molecule has 0 fully saturated rings. The van der Waals surface area contributed by atoms with E-state index in [2.05, 4.69) is 20.7 Å². The number of rotatable bonds is 4. The van der Waals surface area contributed by atoms with Crippen LogP contribution in [-0.4, -0.2) is 8.42 Å². The van der Waals surface area contributed by atoms with Crippen LogP contribution in [0.3, 0.4) is 0 Å². The van der Waals surface area contributed by atoms with Crippen LogP contribution in [0.25, 0.3) is 0 Å². The summed E-state index contributed by atoms with van der Waals surface area (Å²) < 4.78 is 40.6. The van der Waals surface area contributed by atoms with Crippen molar-refractivity contribution in [3.05, 3.63) is 63.9 Å². The van der Waals surface area contributed by atoms with Gasteiger partial charge in [-0.3, -0.25) is 0 Å². The fourth-order valence-electron chi connectivity index (χ4n) is 1.69. The molecule has 106 valence electrons. The molecule has 0 amide bonds. The van der Waals surface area contributed by atoms with Crippen LogP contribution in [-0.2, 0) is 16.6 Å². The van der Waals surface area contributed by atoms with Crippen molar-refractivity contribution in [2.24, 2.45) is 0 Å². The van der Waals surface area contributed by atoms with E-state index in [4.69, 9.17) is 0 Å². The van der Waals surface area contributed by atoms with E-state index in [1.165, 1.54) is 18.2 Å². The molecule has 0 radical (unpaired) electrons. The van der Waals surface area contributed by atoms with Crippen molar-refractivity contribution in [3.63, 3.8) is 0 Å². The maximum atomic E-state index is 13.1. The van der Waals surface area contributed by atoms with Gasteiger partial charge in [0.05, 0.1) is 4.90 Å². The van der Waals surface area contributed by atoms with Gasteiger partial charge in [0, 0.05) is 11.0 Å². The van der Waals surface area contributed by atoms with E-state index in [9.17, 15) is 12.8 Å². The molecule has 0 aliphatic heterocycles. The number of benzene rings is 2. The summed E-state index contributed by atoms with van der Waals surface area (Å²) in [5.74, 6) is -0.301. The monoisotopic (exact) mass is 357 g/mol. The Morgan fingerprint density at radius 1 is 1.15 bits per heavy atom. The van der Waals surface area contributed by atoms with Crippen molar-refractivity contribution in [2.45, 2.75) is 18.4 Å². The van der Waals surface area contributed by atoms with Crippen LogP contribution >= 0.6 is 15.9 Å². The lowest BCUT2D eigenvalue weighted by molar-refractivity contribution is 0.581. The zero-order valence-corrected chi connectivity index (χ0v) is 13.1. The van der Waals surface area contributed by atoms with E-state index in [1.54, 1.807) is 31.2 Å². The topological polar surface area (TPSA) is 46.2 Å². The van der Waals surface area contributed by atoms with E-state index in [0.29, 0.717) is 11.1 Å². The highest BCUT2D eigenvalue weighted by Gasteiger charge is 2.13. The van der Waals surface area contributed by atoms with Crippen LogP contribution in [0.1, 0.15) is 11.1 Å². The lowest BCUT2D eigenvalue weighted by Gasteiger charge is -2.08. The Labute approximate surface area is 126 Å². The maximum Gasteiger partial charge on any atom is 0.240 e. The highest BCUT2D eigenvalue weighted by Crippen LogP contribution is 2.15. The van der Waals surface area contributed by atoms with Crippen LogP contribution in [0, 0.1) is 12.7 Å². The minimum Gasteiger partial charge on any atom is -0.207 e. The summed E-state index contributed by atoms with van der Waals surface area (Å²) >= 11 is 3.25. The standard InChI is InChI=1S/C14H13BrFNO2S/c1-10-8-11(2-7-14(10)16)9-17-20(18,19)13-5-3-12(15)4-6-13/h2-8,17H,9H2,1H3. The molecule has 0 bridgehead atoms. The summed E-state index contributed by atoms with van der Waals surface area (Å²) in [5, 5.41) is 0. The third-order valence-electron chi connectivity index (χ3n) is 2.81. The Morgan fingerprint density at radius 3 is 2.40 bits per heavy atom. The van der Waals surface area contributed by atoms with Crippen molar-refractivity contribution in [2.75, 3.05) is 0 Å². The fourth-order valence-corrected chi connectivity index (χ4v) is 2.97. The highest BCUT2D eigenvalue weighted by atomic mass is 79.9. The van der Waals surface area contributed by atoms with Gasteiger partial charge < -0.3 is 0 Å². The summed E-state index contributed by atoms with van der Waals surface area (Å²) in [6.45, 7) is 1.77. The van der Waals surface area contributed by atoms with E-state index < -0.39 is 10.0 Å². The summed E-state index contributed by atoms with van der Waals surface area (Å²) in [6.07, 6.45) is 0. The van der Waals surface area contributed by atoms with Crippen LogP contribution in [0.4, 0.5) is 4.39 Å². The van der Waals surface area contributed by atoms with Crippen molar-refractivity contribution in [3.8, 4) is 0 Å². The summed E-state index contributed by atoms with van der Waals surface area (Å²) in [6, 6.07) is 10.9. The largest absolute Gasteiger partial charge is 0.240 e. The third kappa shape index (κ3) is 3.65. The Balaban J connectivity index is 2.13. The van der Waals surface area contributed by atoms with Gasteiger partial charge in [-0.25, -0.2) is 17.5 Å². The van der Waals surface area contributed by atoms with Gasteiger partial charge in [-0.1, -0.05) is 28.1 Å². The molecule has 0 unspecified atom stereocenters. The summed E-state index contributed by atoms with van der Waals surface area (Å²) in [4.78, 5) is 0.194. The van der Waals surface area contributed by atoms with Gasteiger partial charge in [0.15, 0.2) is 0 Å². The summed E-state index contributed by atoms with van der Waals surface area (Å²) in [7, 11) is -3.56. The lowest BCUT2D eigenvalue weighted by Crippen LogP contribution is -2.23. The van der Waals surface area contributed by atoms with Crippen molar-refractivity contribution >= 4 is 26.0 Å². The molecule has 2 aromatic rings. The molecule has 0 atom stereocenters. The normalized spacial score (nSPS) is 11.6. The second-order valence-corrected chi connectivity index (χ2v) is 7.04. The van der Waals surface area contributed by atoms with Gasteiger partial charge in [0.1, 0.15) is 5.82 Å². The highest BCUT2D eigenvalue weighted by molar-refractivity contribution is 9.10.